The van der Waals surface area contributed by atoms with E-state index < -0.39 is 63.1 Å². The lowest BCUT2D eigenvalue weighted by Crippen LogP contribution is -2.64. The lowest BCUT2D eigenvalue weighted by Gasteiger charge is -2.41. The molecular weight excluding hydrogens is 836 g/mol. The van der Waals surface area contributed by atoms with E-state index in [4.69, 9.17) is 18.5 Å². The zero-order valence-corrected chi connectivity index (χ0v) is 40.7. The number of carbonyl (C=O) groups excluding carboxylic acids is 1. The van der Waals surface area contributed by atoms with Gasteiger partial charge in [0, 0.05) is 13.0 Å². The highest BCUT2D eigenvalue weighted by atomic mass is 31.2. The van der Waals surface area contributed by atoms with Gasteiger partial charge < -0.3 is 39.9 Å². The fraction of sp³-hybridized carbons (Fsp3) is 0.784. The molecule has 372 valence electrons. The van der Waals surface area contributed by atoms with Crippen LogP contribution in [0.5, 0.6) is 0 Å². The molecule has 0 radical (unpaired) electrons. The number of phosphoric acid groups is 1. The molecule has 6 unspecified atom stereocenters. The molecule has 0 aromatic carbocycles. The Labute approximate surface area is 387 Å². The number of allylic oxidation sites excluding steroid dienone is 10. The topological polar surface area (TPSA) is 192 Å². The maximum atomic E-state index is 12.8. The van der Waals surface area contributed by atoms with Crippen molar-refractivity contribution in [1.29, 1.82) is 0 Å². The van der Waals surface area contributed by atoms with Crippen LogP contribution in [-0.2, 0) is 27.9 Å². The van der Waals surface area contributed by atoms with E-state index in [0.717, 1.165) is 83.5 Å². The monoisotopic (exact) mass is 927 g/mol. The summed E-state index contributed by atoms with van der Waals surface area (Å²) in [4.78, 5) is 23.2. The number of unbranched alkanes of at least 4 members (excludes halogenated alkanes) is 20. The Morgan fingerprint density at radius 1 is 0.516 bits per heavy atom. The van der Waals surface area contributed by atoms with Gasteiger partial charge >= 0.3 is 13.8 Å². The number of hydrogen-bond acceptors (Lipinski definition) is 11. The van der Waals surface area contributed by atoms with Gasteiger partial charge in [-0.05, 0) is 57.8 Å². The third-order valence-electron chi connectivity index (χ3n) is 11.4. The number of phosphoric ester groups is 1. The van der Waals surface area contributed by atoms with Crippen molar-refractivity contribution >= 4 is 13.8 Å². The number of ether oxygens (including phenoxy) is 2. The fourth-order valence-electron chi connectivity index (χ4n) is 7.44. The first-order chi connectivity index (χ1) is 31.0. The molecule has 6 atom stereocenters. The highest BCUT2D eigenvalue weighted by Gasteiger charge is 2.51. The number of esters is 1. The maximum absolute atomic E-state index is 12.8. The van der Waals surface area contributed by atoms with Crippen molar-refractivity contribution in [3.8, 4) is 0 Å². The van der Waals surface area contributed by atoms with Crippen LogP contribution >= 0.6 is 7.82 Å². The number of aliphatic hydroxyl groups excluding tert-OH is 5. The van der Waals surface area contributed by atoms with Gasteiger partial charge in [-0.1, -0.05) is 190 Å². The Morgan fingerprint density at radius 2 is 0.922 bits per heavy atom. The van der Waals surface area contributed by atoms with Crippen LogP contribution in [0.15, 0.2) is 60.8 Å². The summed E-state index contributed by atoms with van der Waals surface area (Å²) in [6, 6.07) is 0. The quantitative estimate of drug-likeness (QED) is 0.0147. The number of aliphatic hydroxyl groups is 5. The Balaban J connectivity index is 2.33. The molecule has 0 heterocycles. The van der Waals surface area contributed by atoms with E-state index >= 15 is 0 Å². The van der Waals surface area contributed by atoms with E-state index in [1.165, 1.54) is 83.5 Å². The average molecular weight is 927 g/mol. The zero-order chi connectivity index (χ0) is 46.9. The summed E-state index contributed by atoms with van der Waals surface area (Å²) in [6.07, 6.45) is 40.0. The molecule has 64 heavy (non-hydrogen) atoms. The van der Waals surface area contributed by atoms with Crippen molar-refractivity contribution in [2.75, 3.05) is 19.8 Å². The summed E-state index contributed by atoms with van der Waals surface area (Å²) in [6.45, 7) is 4.13. The van der Waals surface area contributed by atoms with Crippen LogP contribution in [0.25, 0.3) is 0 Å². The molecule has 12 nitrogen and oxygen atoms in total. The van der Waals surface area contributed by atoms with Crippen LogP contribution in [0.1, 0.15) is 194 Å². The minimum absolute atomic E-state index is 0.0828. The Hall–Kier alpha value is -1.96. The summed E-state index contributed by atoms with van der Waals surface area (Å²) >= 11 is 0. The van der Waals surface area contributed by atoms with Crippen LogP contribution in [0, 0.1) is 0 Å². The van der Waals surface area contributed by atoms with Crippen LogP contribution in [-0.4, -0.2) is 98.9 Å². The molecule has 0 bridgehead atoms. The Kier molecular flexibility index (Phi) is 38.7. The van der Waals surface area contributed by atoms with E-state index in [1.807, 2.05) is 0 Å². The minimum atomic E-state index is -5.02. The molecule has 6 N–H and O–H groups in total. The summed E-state index contributed by atoms with van der Waals surface area (Å²) < 4.78 is 34.2. The summed E-state index contributed by atoms with van der Waals surface area (Å²) in [5.74, 6) is -0.481. The van der Waals surface area contributed by atoms with Gasteiger partial charge in [0.1, 0.15) is 42.7 Å². The van der Waals surface area contributed by atoms with Gasteiger partial charge in [0.25, 0.3) is 0 Å². The molecule has 1 aliphatic rings. The van der Waals surface area contributed by atoms with Crippen LogP contribution < -0.4 is 0 Å². The first kappa shape index (κ1) is 60.1. The maximum Gasteiger partial charge on any atom is 0.472 e. The van der Waals surface area contributed by atoms with Gasteiger partial charge in [-0.25, -0.2) is 4.57 Å². The van der Waals surface area contributed by atoms with E-state index in [0.29, 0.717) is 13.0 Å². The molecule has 0 aromatic heterocycles. The standard InChI is InChI=1S/C51H91O12P/c1-3-5-7-9-11-13-15-17-18-19-20-21-22-23-24-25-26-27-29-31-33-35-37-39-41-60-42-44(43-61-64(58,59)63-51-49(56)47(54)46(53)48(55)50(51)57)62-45(52)40-38-36-34-32-30-28-16-14-12-10-8-6-4-2/h5,7,11,13,17-18,20-21,23-24,44,46-51,53-57H,3-4,6,8-10,12,14-16,19,22,25-43H2,1-2H3,(H,58,59)/b7-5-,13-11-,18-17-,21-20-,24-23-. The SMILES string of the molecule is CC/C=C\C/C=C\C/C=C\C/C=C\C/C=C\CCCCCCCCCCOCC(COP(=O)(O)OC1C(O)C(O)C(O)C(O)C1O)OC(=O)CCCCCCCCCCCCCCC. The van der Waals surface area contributed by atoms with Crippen LogP contribution in [0.3, 0.4) is 0 Å². The number of hydrogen-bond donors (Lipinski definition) is 6. The average Bonchev–Trinajstić information content (AvgIpc) is 3.28. The predicted molar refractivity (Wildman–Crippen MR) is 258 cm³/mol. The minimum Gasteiger partial charge on any atom is -0.457 e. The number of carbonyl (C=O) groups is 1. The van der Waals surface area contributed by atoms with Crippen molar-refractivity contribution in [2.24, 2.45) is 0 Å². The predicted octanol–water partition coefficient (Wildman–Crippen LogP) is 11.0. The molecule has 1 rings (SSSR count). The smallest absolute Gasteiger partial charge is 0.457 e. The summed E-state index contributed by atoms with van der Waals surface area (Å²) in [5, 5.41) is 50.2. The first-order valence-electron chi connectivity index (χ1n) is 25.1. The van der Waals surface area contributed by atoms with E-state index in [2.05, 4.69) is 74.6 Å². The lowest BCUT2D eigenvalue weighted by molar-refractivity contribution is -0.220. The third-order valence-corrected chi connectivity index (χ3v) is 12.4. The highest BCUT2D eigenvalue weighted by molar-refractivity contribution is 7.47. The molecule has 13 heteroatoms. The number of rotatable bonds is 42. The normalized spacial score (nSPS) is 22.2. The molecule has 0 spiro atoms. The third kappa shape index (κ3) is 32.7. The zero-order valence-electron chi connectivity index (χ0n) is 39.8. The largest absolute Gasteiger partial charge is 0.472 e. The molecule has 0 aliphatic heterocycles. The van der Waals surface area contributed by atoms with Crippen molar-refractivity contribution in [1.82, 2.24) is 0 Å². The molecule has 1 aliphatic carbocycles. The van der Waals surface area contributed by atoms with Crippen molar-refractivity contribution < 1.29 is 58.3 Å². The molecule has 0 amide bonds. The Morgan fingerprint density at radius 3 is 1.41 bits per heavy atom. The fourth-order valence-corrected chi connectivity index (χ4v) is 8.41. The van der Waals surface area contributed by atoms with Gasteiger partial charge in [0.05, 0.1) is 13.2 Å². The first-order valence-corrected chi connectivity index (χ1v) is 26.6. The second kappa shape index (κ2) is 41.2. The van der Waals surface area contributed by atoms with Gasteiger partial charge in [-0.3, -0.25) is 13.8 Å². The van der Waals surface area contributed by atoms with E-state index in [1.54, 1.807) is 0 Å². The second-order valence-corrected chi connectivity index (χ2v) is 18.7. The van der Waals surface area contributed by atoms with Crippen molar-refractivity contribution in [3.63, 3.8) is 0 Å². The molecule has 0 aromatic rings. The van der Waals surface area contributed by atoms with Gasteiger partial charge in [-0.2, -0.15) is 0 Å². The summed E-state index contributed by atoms with van der Waals surface area (Å²) in [5.41, 5.74) is 0. The highest BCUT2D eigenvalue weighted by Crippen LogP contribution is 2.47. The van der Waals surface area contributed by atoms with Crippen molar-refractivity contribution in [3.05, 3.63) is 60.8 Å². The molecule has 1 saturated carbocycles. The lowest BCUT2D eigenvalue weighted by atomic mass is 9.85. The van der Waals surface area contributed by atoms with Gasteiger partial charge in [0.15, 0.2) is 0 Å². The van der Waals surface area contributed by atoms with Crippen molar-refractivity contribution in [2.45, 2.75) is 236 Å². The van der Waals surface area contributed by atoms with E-state index in [-0.39, 0.29) is 13.0 Å². The summed E-state index contributed by atoms with van der Waals surface area (Å²) in [7, 11) is -5.02. The van der Waals surface area contributed by atoms with Crippen LogP contribution in [0.2, 0.25) is 0 Å². The molecular formula is C51H91O12P. The van der Waals surface area contributed by atoms with E-state index in [9.17, 15) is 39.8 Å². The molecule has 1 fully saturated rings. The van der Waals surface area contributed by atoms with Crippen LogP contribution in [0.4, 0.5) is 0 Å². The second-order valence-electron chi connectivity index (χ2n) is 17.3. The molecule has 0 saturated heterocycles. The van der Waals surface area contributed by atoms with Gasteiger partial charge in [-0.15, -0.1) is 0 Å². The Bertz CT molecular complexity index is 1290. The van der Waals surface area contributed by atoms with Gasteiger partial charge in [0.2, 0.25) is 0 Å².